The van der Waals surface area contributed by atoms with Crippen molar-refractivity contribution < 1.29 is 12.9 Å². The predicted molar refractivity (Wildman–Crippen MR) is 57.2 cm³/mol. The van der Waals surface area contributed by atoms with Crippen molar-refractivity contribution in [2.75, 3.05) is 5.75 Å². The summed E-state index contributed by atoms with van der Waals surface area (Å²) in [6.07, 6.45) is 0.414. The van der Waals surface area contributed by atoms with E-state index in [1.807, 2.05) is 0 Å². The Hall–Kier alpha value is -0.940. The number of hydrogen-bond acceptors (Lipinski definition) is 2. The fourth-order valence-corrected chi connectivity index (χ4v) is 2.24. The van der Waals surface area contributed by atoms with Crippen LogP contribution in [0.15, 0.2) is 30.3 Å². The fraction of sp³-hybridized carbons (Fsp3) is 0.400. The minimum absolute atomic E-state index is 0.0914. The topological polar surface area (TPSA) is 37.4 Å². The van der Waals surface area contributed by atoms with Gasteiger partial charge in [-0.1, -0.05) is 37.3 Å². The summed E-state index contributed by atoms with van der Waals surface area (Å²) in [7, 11) is -3.74. The van der Waals surface area contributed by atoms with E-state index in [1.54, 1.807) is 37.3 Å². The van der Waals surface area contributed by atoms with Gasteiger partial charge >= 0.3 is 0 Å². The molecule has 0 fully saturated rings. The zero-order valence-corrected chi connectivity index (χ0v) is 9.37. The van der Waals surface area contributed by atoms with Gasteiger partial charge in [0.25, 0.3) is 0 Å². The molecule has 0 spiro atoms. The largest absolute Gasteiger partial charge is 0.240 e. The third-order valence-corrected chi connectivity index (χ3v) is 3.57. The highest BCUT2D eigenvalue weighted by atomic mass is 32.2. The maximum Gasteiger partial charge on any atom is 0.240 e. The van der Waals surface area contributed by atoms with Crippen molar-refractivity contribution in [2.45, 2.75) is 19.9 Å². The molecular weight excluding hydrogens is 217 g/mol. The zero-order chi connectivity index (χ0) is 11.3. The van der Waals surface area contributed by atoms with Crippen molar-refractivity contribution in [2.24, 2.45) is 0 Å². The molecule has 0 aliphatic heterocycles. The summed E-state index contributed by atoms with van der Waals surface area (Å²) >= 11 is 0. The van der Waals surface area contributed by atoms with Gasteiger partial charge in [0, 0.05) is 0 Å². The van der Waals surface area contributed by atoms with E-state index in [-0.39, 0.29) is 16.8 Å². The first kappa shape index (κ1) is 12.1. The summed E-state index contributed by atoms with van der Waals surface area (Å²) in [5.41, 5.74) is 0.639. The van der Waals surface area contributed by atoms with Crippen molar-refractivity contribution in [1.82, 2.24) is 4.53 Å². The van der Waals surface area contributed by atoms with Crippen molar-refractivity contribution in [3.63, 3.8) is 0 Å². The van der Waals surface area contributed by atoms with Gasteiger partial charge in [0.1, 0.15) is 0 Å². The lowest BCUT2D eigenvalue weighted by Crippen LogP contribution is -2.25. The molecule has 0 aromatic heterocycles. The number of halogens is 1. The Labute approximate surface area is 89.5 Å². The molecule has 0 N–H and O–H groups in total. The maximum absolute atomic E-state index is 13.3. The van der Waals surface area contributed by atoms with Gasteiger partial charge in [0.15, 0.2) is 0 Å². The standard InChI is InChI=1S/C10H14FNO2S/c1-2-8-15(13,14)12(11)9-10-6-4-3-5-7-10/h3-7H,2,8-9H2,1H3. The molecule has 1 aromatic carbocycles. The molecule has 0 amide bonds. The zero-order valence-electron chi connectivity index (χ0n) is 8.56. The Morgan fingerprint density at radius 3 is 2.40 bits per heavy atom. The van der Waals surface area contributed by atoms with Crippen LogP contribution in [0.3, 0.4) is 0 Å². The molecule has 15 heavy (non-hydrogen) atoms. The molecule has 5 heteroatoms. The smallest absolute Gasteiger partial charge is 0.210 e. The molecule has 0 unspecified atom stereocenters. The molecule has 3 nitrogen and oxygen atoms in total. The lowest BCUT2D eigenvalue weighted by atomic mass is 10.2. The highest BCUT2D eigenvalue weighted by molar-refractivity contribution is 7.88. The molecule has 0 atom stereocenters. The van der Waals surface area contributed by atoms with Gasteiger partial charge in [0.05, 0.1) is 12.3 Å². The molecule has 0 bridgehead atoms. The van der Waals surface area contributed by atoms with E-state index in [9.17, 15) is 12.9 Å². The SMILES string of the molecule is CCCS(=O)(=O)N(F)Cc1ccccc1. The Bertz CT molecular complexity index is 391. The second kappa shape index (κ2) is 5.23. The number of rotatable bonds is 5. The van der Waals surface area contributed by atoms with Crippen LogP contribution in [0.25, 0.3) is 0 Å². The van der Waals surface area contributed by atoms with E-state index in [1.165, 1.54) is 0 Å². The van der Waals surface area contributed by atoms with Crippen molar-refractivity contribution >= 4 is 10.0 Å². The number of sulfonamides is 1. The molecule has 0 saturated carbocycles. The van der Waals surface area contributed by atoms with E-state index >= 15 is 0 Å². The van der Waals surface area contributed by atoms with Crippen LogP contribution in [0.4, 0.5) is 4.48 Å². The lowest BCUT2D eigenvalue weighted by Gasteiger charge is -2.11. The average Bonchev–Trinajstić information content (AvgIpc) is 2.19. The third kappa shape index (κ3) is 3.60. The molecule has 84 valence electrons. The normalized spacial score (nSPS) is 11.9. The summed E-state index contributed by atoms with van der Waals surface area (Å²) in [5.74, 6) is -0.156. The first-order valence-corrected chi connectivity index (χ1v) is 6.37. The summed E-state index contributed by atoms with van der Waals surface area (Å²) in [6, 6.07) is 8.67. The Balaban J connectivity index is 2.68. The van der Waals surface area contributed by atoms with Gasteiger partial charge in [-0.2, -0.15) is 0 Å². The van der Waals surface area contributed by atoms with E-state index < -0.39 is 10.0 Å². The van der Waals surface area contributed by atoms with Gasteiger partial charge in [-0.25, -0.2) is 8.42 Å². The fourth-order valence-electron chi connectivity index (χ4n) is 1.18. The number of nitrogens with zero attached hydrogens (tertiary/aromatic N) is 1. The molecule has 0 heterocycles. The summed E-state index contributed by atoms with van der Waals surface area (Å²) < 4.78 is 35.8. The Kier molecular flexibility index (Phi) is 4.23. The van der Waals surface area contributed by atoms with Gasteiger partial charge in [-0.05, 0) is 16.5 Å². The first-order chi connectivity index (χ1) is 7.06. The monoisotopic (exact) mass is 231 g/mol. The quantitative estimate of drug-likeness (QED) is 0.728. The van der Waals surface area contributed by atoms with Gasteiger partial charge in [-0.15, -0.1) is 4.48 Å². The van der Waals surface area contributed by atoms with E-state index in [4.69, 9.17) is 0 Å². The summed E-state index contributed by atoms with van der Waals surface area (Å²) in [4.78, 5) is 0. The maximum atomic E-state index is 13.3. The van der Waals surface area contributed by atoms with Crippen LogP contribution in [0.5, 0.6) is 0 Å². The molecule has 0 aliphatic rings. The van der Waals surface area contributed by atoms with Crippen LogP contribution in [-0.2, 0) is 16.6 Å². The highest BCUT2D eigenvalue weighted by Crippen LogP contribution is 2.10. The molecule has 1 rings (SSSR count). The molecule has 0 saturated heterocycles. The molecule has 0 radical (unpaired) electrons. The van der Waals surface area contributed by atoms with Gasteiger partial charge in [-0.3, -0.25) is 0 Å². The van der Waals surface area contributed by atoms with Crippen LogP contribution in [-0.4, -0.2) is 18.7 Å². The van der Waals surface area contributed by atoms with E-state index in [0.29, 0.717) is 12.0 Å². The van der Waals surface area contributed by atoms with Gasteiger partial charge in [0.2, 0.25) is 10.0 Å². The van der Waals surface area contributed by atoms with Gasteiger partial charge < -0.3 is 0 Å². The second-order valence-electron chi connectivity index (χ2n) is 3.25. The van der Waals surface area contributed by atoms with Crippen LogP contribution in [0.2, 0.25) is 0 Å². The van der Waals surface area contributed by atoms with Crippen molar-refractivity contribution in [1.29, 1.82) is 0 Å². The Morgan fingerprint density at radius 1 is 1.27 bits per heavy atom. The highest BCUT2D eigenvalue weighted by Gasteiger charge is 2.20. The first-order valence-electron chi connectivity index (χ1n) is 4.76. The lowest BCUT2D eigenvalue weighted by molar-refractivity contribution is 0.130. The molecule has 1 aromatic rings. The van der Waals surface area contributed by atoms with Crippen molar-refractivity contribution in [3.05, 3.63) is 35.9 Å². The van der Waals surface area contributed by atoms with Crippen LogP contribution < -0.4 is 0 Å². The minimum Gasteiger partial charge on any atom is -0.210 e. The summed E-state index contributed by atoms with van der Waals surface area (Å²) in [6.45, 7) is 1.48. The Morgan fingerprint density at radius 2 is 1.87 bits per heavy atom. The van der Waals surface area contributed by atoms with Crippen molar-refractivity contribution in [3.8, 4) is 0 Å². The second-order valence-corrected chi connectivity index (χ2v) is 5.22. The van der Waals surface area contributed by atoms with E-state index in [0.717, 1.165) is 0 Å². The summed E-state index contributed by atoms with van der Waals surface area (Å²) in [5, 5.41) is 0. The third-order valence-electron chi connectivity index (χ3n) is 1.91. The van der Waals surface area contributed by atoms with Crippen LogP contribution >= 0.6 is 0 Å². The minimum atomic E-state index is -3.74. The molecule has 0 aliphatic carbocycles. The van der Waals surface area contributed by atoms with Crippen LogP contribution in [0, 0.1) is 0 Å². The van der Waals surface area contributed by atoms with E-state index in [2.05, 4.69) is 0 Å². The predicted octanol–water partition coefficient (Wildman–Crippen LogP) is 2.11. The average molecular weight is 231 g/mol. The number of benzene rings is 1. The molecular formula is C10H14FNO2S. The number of hydrogen-bond donors (Lipinski definition) is 0. The van der Waals surface area contributed by atoms with Crippen LogP contribution in [0.1, 0.15) is 18.9 Å².